The van der Waals surface area contributed by atoms with E-state index in [4.69, 9.17) is 9.47 Å². The minimum atomic E-state index is -0.279. The number of hydrogen-bond donors (Lipinski definition) is 1. The average Bonchev–Trinajstić information content (AvgIpc) is 3.08. The summed E-state index contributed by atoms with van der Waals surface area (Å²) in [7, 11) is 3.05. The molecular weight excluding hydrogens is 378 g/mol. The molecule has 1 aromatic heterocycles. The monoisotopic (exact) mass is 405 g/mol. The molecule has 0 bridgehead atoms. The Hall–Kier alpha value is -2.61. The van der Waals surface area contributed by atoms with Gasteiger partial charge in [0, 0.05) is 23.7 Å². The number of nitrogens with one attached hydrogen (secondary N) is 1. The molecule has 8 heteroatoms. The third-order valence-corrected chi connectivity index (χ3v) is 4.93. The van der Waals surface area contributed by atoms with Crippen molar-refractivity contribution in [1.82, 2.24) is 9.88 Å². The first-order valence-electron chi connectivity index (χ1n) is 9.07. The fraction of sp³-hybridized carbons (Fsp3) is 0.450. The first-order valence-corrected chi connectivity index (χ1v) is 9.89. The summed E-state index contributed by atoms with van der Waals surface area (Å²) in [6, 6.07) is 5.02. The summed E-state index contributed by atoms with van der Waals surface area (Å²) in [5.74, 6) is 0.871. The molecule has 0 aliphatic heterocycles. The largest absolute Gasteiger partial charge is 0.497 e. The normalized spacial score (nSPS) is 10.6. The van der Waals surface area contributed by atoms with Crippen LogP contribution in [0, 0.1) is 12.8 Å². The Bertz CT molecular complexity index is 820. The highest BCUT2D eigenvalue weighted by molar-refractivity contribution is 7.15. The number of aryl methyl sites for hydroxylation is 1. The molecule has 0 fully saturated rings. The molecule has 0 saturated heterocycles. The summed E-state index contributed by atoms with van der Waals surface area (Å²) >= 11 is 1.40. The number of aromatic nitrogens is 1. The number of carbonyl (C=O) groups is 2. The standard InChI is InChI=1S/C20H27N3O4S/c1-13(2)8-9-23(12-18(24)22-20-21-11-14(3)28-20)19(25)16-7-6-15(26-4)10-17(16)27-5/h6-7,10-11,13H,8-9,12H2,1-5H3,(H,21,22,24). The molecule has 0 radical (unpaired) electrons. The molecule has 0 aliphatic carbocycles. The lowest BCUT2D eigenvalue weighted by Gasteiger charge is -2.24. The molecule has 0 atom stereocenters. The van der Waals surface area contributed by atoms with Crippen molar-refractivity contribution in [1.29, 1.82) is 0 Å². The molecule has 28 heavy (non-hydrogen) atoms. The van der Waals surface area contributed by atoms with Crippen LogP contribution in [0.2, 0.25) is 0 Å². The van der Waals surface area contributed by atoms with E-state index in [0.717, 1.165) is 11.3 Å². The summed E-state index contributed by atoms with van der Waals surface area (Å²) in [5.41, 5.74) is 0.393. The lowest BCUT2D eigenvalue weighted by molar-refractivity contribution is -0.116. The van der Waals surface area contributed by atoms with Crippen molar-refractivity contribution >= 4 is 28.3 Å². The molecule has 2 aromatic rings. The van der Waals surface area contributed by atoms with Crippen LogP contribution >= 0.6 is 11.3 Å². The highest BCUT2D eigenvalue weighted by Gasteiger charge is 2.23. The van der Waals surface area contributed by atoms with Gasteiger partial charge in [0.05, 0.1) is 19.8 Å². The van der Waals surface area contributed by atoms with Gasteiger partial charge >= 0.3 is 0 Å². The third-order valence-electron chi connectivity index (χ3n) is 4.10. The van der Waals surface area contributed by atoms with E-state index in [1.807, 2.05) is 6.92 Å². The Morgan fingerprint density at radius 1 is 1.25 bits per heavy atom. The van der Waals surface area contributed by atoms with Crippen LogP contribution in [0.1, 0.15) is 35.5 Å². The van der Waals surface area contributed by atoms with Gasteiger partial charge in [-0.05, 0) is 31.4 Å². The first-order chi connectivity index (χ1) is 13.3. The van der Waals surface area contributed by atoms with Crippen molar-refractivity contribution < 1.29 is 19.1 Å². The van der Waals surface area contributed by atoms with Gasteiger partial charge in [-0.3, -0.25) is 9.59 Å². The van der Waals surface area contributed by atoms with E-state index in [0.29, 0.717) is 34.7 Å². The Balaban J connectivity index is 2.19. The molecule has 1 heterocycles. The van der Waals surface area contributed by atoms with Crippen molar-refractivity contribution in [3.05, 3.63) is 34.8 Å². The van der Waals surface area contributed by atoms with E-state index in [-0.39, 0.29) is 18.4 Å². The molecule has 0 spiro atoms. The Morgan fingerprint density at radius 3 is 2.57 bits per heavy atom. The van der Waals surface area contributed by atoms with Crippen LogP contribution in [0.25, 0.3) is 0 Å². The average molecular weight is 406 g/mol. The number of nitrogens with zero attached hydrogens (tertiary/aromatic N) is 2. The fourth-order valence-electron chi connectivity index (χ4n) is 2.56. The molecule has 0 saturated carbocycles. The minimum Gasteiger partial charge on any atom is -0.497 e. The maximum atomic E-state index is 13.1. The second-order valence-corrected chi connectivity index (χ2v) is 8.03. The molecular formula is C20H27N3O4S. The van der Waals surface area contributed by atoms with Gasteiger partial charge in [0.2, 0.25) is 5.91 Å². The number of hydrogen-bond acceptors (Lipinski definition) is 6. The lowest BCUT2D eigenvalue weighted by atomic mass is 10.1. The molecule has 2 rings (SSSR count). The van der Waals surface area contributed by atoms with Crippen LogP contribution in [0.4, 0.5) is 5.13 Å². The zero-order valence-electron chi connectivity index (χ0n) is 16.9. The number of carbonyl (C=O) groups excluding carboxylic acids is 2. The van der Waals surface area contributed by atoms with Crippen LogP contribution < -0.4 is 14.8 Å². The second-order valence-electron chi connectivity index (χ2n) is 6.80. The van der Waals surface area contributed by atoms with Gasteiger partial charge in [-0.25, -0.2) is 4.98 Å². The van der Waals surface area contributed by atoms with Crippen molar-refractivity contribution in [2.45, 2.75) is 27.2 Å². The van der Waals surface area contributed by atoms with Gasteiger partial charge in [0.25, 0.3) is 5.91 Å². The number of methoxy groups -OCH3 is 2. The first kappa shape index (κ1) is 21.7. The zero-order valence-corrected chi connectivity index (χ0v) is 17.8. The van der Waals surface area contributed by atoms with Crippen LogP contribution in [0.5, 0.6) is 11.5 Å². The van der Waals surface area contributed by atoms with Gasteiger partial charge in [-0.1, -0.05) is 13.8 Å². The number of rotatable bonds is 9. The number of benzene rings is 1. The molecule has 152 valence electrons. The van der Waals surface area contributed by atoms with E-state index in [1.54, 1.807) is 36.4 Å². The molecule has 1 N–H and O–H groups in total. The number of amides is 2. The highest BCUT2D eigenvalue weighted by Crippen LogP contribution is 2.26. The minimum absolute atomic E-state index is 0.0562. The van der Waals surface area contributed by atoms with Gasteiger partial charge in [0.15, 0.2) is 5.13 Å². The van der Waals surface area contributed by atoms with Crippen molar-refractivity contribution in [3.8, 4) is 11.5 Å². The van der Waals surface area contributed by atoms with Gasteiger partial charge in [0.1, 0.15) is 18.0 Å². The predicted molar refractivity (Wildman–Crippen MR) is 110 cm³/mol. The van der Waals surface area contributed by atoms with E-state index in [1.165, 1.54) is 18.4 Å². The zero-order chi connectivity index (χ0) is 20.7. The molecule has 0 aliphatic rings. The van der Waals surface area contributed by atoms with Gasteiger partial charge in [-0.15, -0.1) is 11.3 Å². The van der Waals surface area contributed by atoms with Crippen LogP contribution in [-0.4, -0.2) is 49.0 Å². The highest BCUT2D eigenvalue weighted by atomic mass is 32.1. The Kier molecular flexibility index (Phi) is 7.80. The van der Waals surface area contributed by atoms with Crippen LogP contribution in [-0.2, 0) is 4.79 Å². The number of ether oxygens (including phenoxy) is 2. The molecule has 2 amide bonds. The summed E-state index contributed by atoms with van der Waals surface area (Å²) in [4.78, 5) is 32.3. The fourth-order valence-corrected chi connectivity index (χ4v) is 3.24. The van der Waals surface area contributed by atoms with E-state index >= 15 is 0 Å². The lowest BCUT2D eigenvalue weighted by Crippen LogP contribution is -2.39. The van der Waals surface area contributed by atoms with Gasteiger partial charge in [-0.2, -0.15) is 0 Å². The predicted octanol–water partition coefficient (Wildman–Crippen LogP) is 3.60. The number of anilines is 1. The van der Waals surface area contributed by atoms with Crippen LogP contribution in [0.15, 0.2) is 24.4 Å². The van der Waals surface area contributed by atoms with E-state index in [9.17, 15) is 9.59 Å². The third kappa shape index (κ3) is 5.95. The summed E-state index contributed by atoms with van der Waals surface area (Å²) in [6.07, 6.45) is 2.48. The topological polar surface area (TPSA) is 80.8 Å². The second kappa shape index (κ2) is 10.1. The molecule has 0 unspecified atom stereocenters. The van der Waals surface area contributed by atoms with Crippen molar-refractivity contribution in [2.75, 3.05) is 32.6 Å². The van der Waals surface area contributed by atoms with E-state index in [2.05, 4.69) is 24.1 Å². The quantitative estimate of drug-likeness (QED) is 0.689. The van der Waals surface area contributed by atoms with Crippen molar-refractivity contribution in [2.24, 2.45) is 5.92 Å². The summed E-state index contributed by atoms with van der Waals surface area (Å²) < 4.78 is 10.5. The summed E-state index contributed by atoms with van der Waals surface area (Å²) in [6.45, 7) is 6.49. The SMILES string of the molecule is COc1ccc(C(=O)N(CCC(C)C)CC(=O)Nc2ncc(C)s2)c(OC)c1. The van der Waals surface area contributed by atoms with Gasteiger partial charge < -0.3 is 19.7 Å². The number of thiazole rings is 1. The Labute approximate surface area is 169 Å². The van der Waals surface area contributed by atoms with E-state index < -0.39 is 0 Å². The van der Waals surface area contributed by atoms with Crippen LogP contribution in [0.3, 0.4) is 0 Å². The molecule has 7 nitrogen and oxygen atoms in total. The molecule has 1 aromatic carbocycles. The maximum Gasteiger partial charge on any atom is 0.258 e. The smallest absolute Gasteiger partial charge is 0.258 e. The Morgan fingerprint density at radius 2 is 2.00 bits per heavy atom. The maximum absolute atomic E-state index is 13.1. The summed E-state index contributed by atoms with van der Waals surface area (Å²) in [5, 5.41) is 3.29. The van der Waals surface area contributed by atoms with Crippen molar-refractivity contribution in [3.63, 3.8) is 0 Å².